The van der Waals surface area contributed by atoms with Gasteiger partial charge in [-0.3, -0.25) is 14.2 Å². The lowest BCUT2D eigenvalue weighted by Crippen LogP contribution is -2.38. The Bertz CT molecular complexity index is 1550. The monoisotopic (exact) mass is 605 g/mol. The van der Waals surface area contributed by atoms with Crippen LogP contribution < -0.4 is 15.0 Å². The van der Waals surface area contributed by atoms with Crippen molar-refractivity contribution >= 4 is 32.7 Å². The lowest BCUT2D eigenvalue weighted by Gasteiger charge is -2.31. The summed E-state index contributed by atoms with van der Waals surface area (Å²) in [5.74, 6) is 1.38. The van der Waals surface area contributed by atoms with Gasteiger partial charge >= 0.3 is 0 Å². The molecule has 0 saturated carbocycles. The van der Waals surface area contributed by atoms with E-state index in [2.05, 4.69) is 22.9 Å². The summed E-state index contributed by atoms with van der Waals surface area (Å²) in [5, 5.41) is 0.475. The summed E-state index contributed by atoms with van der Waals surface area (Å²) in [7, 11) is 3.12. The van der Waals surface area contributed by atoms with Gasteiger partial charge < -0.3 is 14.4 Å². The number of amides is 1. The molecule has 40 heavy (non-hydrogen) atoms. The summed E-state index contributed by atoms with van der Waals surface area (Å²) >= 11 is 3.63. The van der Waals surface area contributed by atoms with Crippen molar-refractivity contribution in [3.63, 3.8) is 0 Å². The first-order valence-corrected chi connectivity index (χ1v) is 14.5. The van der Waals surface area contributed by atoms with Gasteiger partial charge in [-0.2, -0.15) is 0 Å². The van der Waals surface area contributed by atoms with Crippen LogP contribution in [0.15, 0.2) is 69.9 Å². The van der Waals surface area contributed by atoms with E-state index in [9.17, 15) is 9.59 Å². The Hall–Kier alpha value is -3.65. The van der Waals surface area contributed by atoms with Gasteiger partial charge in [-0.1, -0.05) is 44.5 Å². The van der Waals surface area contributed by atoms with Gasteiger partial charge in [0.1, 0.15) is 17.3 Å². The number of methoxy groups -OCH3 is 2. The molecule has 1 amide bonds. The average molecular weight is 607 g/mol. The zero-order valence-corrected chi connectivity index (χ0v) is 25.3. The number of hydrogen-bond donors (Lipinski definition) is 0. The van der Waals surface area contributed by atoms with Crippen molar-refractivity contribution in [3.8, 4) is 17.2 Å². The summed E-state index contributed by atoms with van der Waals surface area (Å²) in [6.45, 7) is 6.62. The maximum atomic E-state index is 14.1. The van der Waals surface area contributed by atoms with E-state index in [1.165, 1.54) is 5.56 Å². The van der Waals surface area contributed by atoms with Crippen LogP contribution in [0, 0.1) is 0 Å². The Morgan fingerprint density at radius 1 is 1.02 bits per heavy atom. The fourth-order valence-corrected chi connectivity index (χ4v) is 5.43. The minimum atomic E-state index is -0.520. The summed E-state index contributed by atoms with van der Waals surface area (Å²) in [5.41, 5.74) is 2.67. The van der Waals surface area contributed by atoms with E-state index in [0.29, 0.717) is 50.5 Å². The van der Waals surface area contributed by atoms with Gasteiger partial charge in [0, 0.05) is 24.2 Å². The van der Waals surface area contributed by atoms with Gasteiger partial charge in [-0.25, -0.2) is 4.98 Å². The van der Waals surface area contributed by atoms with Gasteiger partial charge in [-0.15, -0.1) is 0 Å². The number of aryl methyl sites for hydroxylation is 1. The largest absolute Gasteiger partial charge is 0.497 e. The van der Waals surface area contributed by atoms with E-state index in [-0.39, 0.29) is 11.5 Å². The molecule has 4 aromatic rings. The molecule has 0 bridgehead atoms. The van der Waals surface area contributed by atoms with Gasteiger partial charge in [0.15, 0.2) is 0 Å². The Kier molecular flexibility index (Phi) is 9.63. The van der Waals surface area contributed by atoms with Crippen LogP contribution in [0.4, 0.5) is 0 Å². The number of unbranched alkanes of at least 4 members (excludes halogenated alkanes) is 1. The molecule has 0 aliphatic carbocycles. The number of nitrogens with zero attached hydrogens (tertiary/aromatic N) is 3. The fourth-order valence-electron chi connectivity index (χ4n) is 4.86. The number of benzene rings is 3. The van der Waals surface area contributed by atoms with Crippen molar-refractivity contribution < 1.29 is 14.3 Å². The van der Waals surface area contributed by atoms with Crippen LogP contribution in [0.5, 0.6) is 11.5 Å². The summed E-state index contributed by atoms with van der Waals surface area (Å²) in [6.07, 6.45) is 3.98. The van der Waals surface area contributed by atoms with Crippen molar-refractivity contribution in [1.82, 2.24) is 14.5 Å². The van der Waals surface area contributed by atoms with Gasteiger partial charge in [-0.05, 0) is 71.9 Å². The third kappa shape index (κ3) is 5.92. The predicted molar refractivity (Wildman–Crippen MR) is 163 cm³/mol. The number of aromatic nitrogens is 2. The standard InChI is InChI=1S/C32H36BrN3O4/c1-6-8-11-22-14-16-23(17-15-22)31(37)35(18-7-2)21(3)30-34-26-13-10-9-12-25(26)32(38)36(30)27-19-24(39-4)20-28(40-5)29(27)33/h9-10,12-17,19-21H,6-8,11,18H2,1-5H3. The highest BCUT2D eigenvalue weighted by atomic mass is 79.9. The zero-order valence-electron chi connectivity index (χ0n) is 23.7. The van der Waals surface area contributed by atoms with Crippen molar-refractivity contribution in [1.29, 1.82) is 0 Å². The number of ether oxygens (including phenoxy) is 2. The molecular weight excluding hydrogens is 570 g/mol. The second-order valence-electron chi connectivity index (χ2n) is 9.77. The maximum absolute atomic E-state index is 14.1. The molecule has 1 atom stereocenters. The first-order valence-electron chi connectivity index (χ1n) is 13.7. The molecule has 0 radical (unpaired) electrons. The number of para-hydroxylation sites is 1. The highest BCUT2D eigenvalue weighted by Gasteiger charge is 2.28. The molecule has 0 aliphatic rings. The van der Waals surface area contributed by atoms with Crippen LogP contribution in [0.25, 0.3) is 16.6 Å². The molecule has 1 aromatic heterocycles. The molecule has 0 fully saturated rings. The number of fused-ring (bicyclic) bond motifs is 1. The smallest absolute Gasteiger partial charge is 0.266 e. The van der Waals surface area contributed by atoms with E-state index in [1.807, 2.05) is 56.3 Å². The SMILES string of the molecule is CCCCc1ccc(C(=O)N(CCC)C(C)c2nc3ccccc3c(=O)n2-c2cc(OC)cc(OC)c2Br)cc1. The molecule has 3 aromatic carbocycles. The quantitative estimate of drug-likeness (QED) is 0.182. The summed E-state index contributed by atoms with van der Waals surface area (Å²) in [6, 6.07) is 18.1. The van der Waals surface area contributed by atoms with Gasteiger partial charge in [0.05, 0.1) is 41.3 Å². The molecule has 0 N–H and O–H groups in total. The number of rotatable bonds is 11. The molecule has 4 rings (SSSR count). The van der Waals surface area contributed by atoms with Crippen molar-refractivity contribution in [2.75, 3.05) is 20.8 Å². The molecule has 7 nitrogen and oxygen atoms in total. The maximum Gasteiger partial charge on any atom is 0.266 e. The minimum Gasteiger partial charge on any atom is -0.497 e. The third-order valence-electron chi connectivity index (χ3n) is 7.08. The fraction of sp³-hybridized carbons (Fsp3) is 0.344. The first kappa shape index (κ1) is 29.3. The molecule has 0 spiro atoms. The van der Waals surface area contributed by atoms with Crippen molar-refractivity contribution in [2.45, 2.75) is 52.5 Å². The van der Waals surface area contributed by atoms with E-state index >= 15 is 0 Å². The number of halogens is 1. The third-order valence-corrected chi connectivity index (χ3v) is 7.88. The number of carbonyl (C=O) groups is 1. The number of carbonyl (C=O) groups excluding carboxylic acids is 1. The van der Waals surface area contributed by atoms with Crippen molar-refractivity contribution in [3.05, 3.63) is 92.4 Å². The minimum absolute atomic E-state index is 0.104. The Balaban J connectivity index is 1.89. The second kappa shape index (κ2) is 13.1. The van der Waals surface area contributed by atoms with Gasteiger partial charge in [0.25, 0.3) is 11.5 Å². The number of hydrogen-bond acceptors (Lipinski definition) is 5. The van der Waals surface area contributed by atoms with E-state index < -0.39 is 6.04 Å². The lowest BCUT2D eigenvalue weighted by molar-refractivity contribution is 0.0681. The summed E-state index contributed by atoms with van der Waals surface area (Å²) in [4.78, 5) is 34.7. The lowest BCUT2D eigenvalue weighted by atomic mass is 10.0. The van der Waals surface area contributed by atoms with Crippen LogP contribution >= 0.6 is 15.9 Å². The van der Waals surface area contributed by atoms with Crippen LogP contribution in [-0.2, 0) is 6.42 Å². The highest BCUT2D eigenvalue weighted by molar-refractivity contribution is 9.10. The molecule has 210 valence electrons. The van der Waals surface area contributed by atoms with E-state index in [1.54, 1.807) is 41.9 Å². The van der Waals surface area contributed by atoms with E-state index in [0.717, 1.165) is 25.7 Å². The zero-order chi connectivity index (χ0) is 28.8. The Labute approximate surface area is 243 Å². The van der Waals surface area contributed by atoms with Crippen LogP contribution in [0.2, 0.25) is 0 Å². The highest BCUT2D eigenvalue weighted by Crippen LogP contribution is 2.37. The van der Waals surface area contributed by atoms with Gasteiger partial charge in [0.2, 0.25) is 0 Å². The van der Waals surface area contributed by atoms with Crippen LogP contribution in [0.1, 0.15) is 67.8 Å². The molecule has 0 saturated heterocycles. The normalized spacial score (nSPS) is 11.8. The average Bonchev–Trinajstić information content (AvgIpc) is 2.98. The molecule has 8 heteroatoms. The van der Waals surface area contributed by atoms with Crippen LogP contribution in [0.3, 0.4) is 0 Å². The topological polar surface area (TPSA) is 73.7 Å². The second-order valence-corrected chi connectivity index (χ2v) is 10.6. The molecule has 1 unspecified atom stereocenters. The molecular formula is C32H36BrN3O4. The van der Waals surface area contributed by atoms with Crippen molar-refractivity contribution in [2.24, 2.45) is 0 Å². The van der Waals surface area contributed by atoms with E-state index in [4.69, 9.17) is 14.5 Å². The molecule has 1 heterocycles. The van der Waals surface area contributed by atoms with Crippen LogP contribution in [-0.4, -0.2) is 41.1 Å². The Morgan fingerprint density at radius 3 is 2.40 bits per heavy atom. The first-order chi connectivity index (χ1) is 19.3. The molecule has 0 aliphatic heterocycles. The Morgan fingerprint density at radius 2 is 1.75 bits per heavy atom. The predicted octanol–water partition coefficient (Wildman–Crippen LogP) is 7.12. The summed E-state index contributed by atoms with van der Waals surface area (Å²) < 4.78 is 13.2.